The van der Waals surface area contributed by atoms with Crippen molar-refractivity contribution in [2.75, 3.05) is 13.2 Å². The highest BCUT2D eigenvalue weighted by Crippen LogP contribution is 2.28. The van der Waals surface area contributed by atoms with E-state index in [1.54, 1.807) is 18.4 Å². The summed E-state index contributed by atoms with van der Waals surface area (Å²) in [5.41, 5.74) is 1.16. The standard InChI is InChI=1S/C18H19NO4/c1-3-21-16-10-13(11-17-15(16)7-9-22-17)18(20)19-8-6-14-5-4-12(2)23-14/h4-5,7,9-11H,3,6,8H2,1-2H3,(H,19,20). The average Bonchev–Trinajstić information content (AvgIpc) is 3.16. The van der Waals surface area contributed by atoms with E-state index < -0.39 is 0 Å². The monoisotopic (exact) mass is 313 g/mol. The molecular weight excluding hydrogens is 294 g/mol. The number of nitrogens with one attached hydrogen (secondary N) is 1. The molecule has 3 aromatic rings. The van der Waals surface area contributed by atoms with Crippen LogP contribution in [0.25, 0.3) is 11.0 Å². The topological polar surface area (TPSA) is 64.6 Å². The minimum Gasteiger partial charge on any atom is -0.493 e. The van der Waals surface area contributed by atoms with Crippen LogP contribution < -0.4 is 10.1 Å². The lowest BCUT2D eigenvalue weighted by Gasteiger charge is -2.08. The van der Waals surface area contributed by atoms with Gasteiger partial charge in [0, 0.05) is 18.5 Å². The molecule has 5 nitrogen and oxygen atoms in total. The summed E-state index contributed by atoms with van der Waals surface area (Å²) in [6.07, 6.45) is 2.25. The smallest absolute Gasteiger partial charge is 0.251 e. The average molecular weight is 313 g/mol. The lowest BCUT2D eigenvalue weighted by Crippen LogP contribution is -2.25. The molecule has 0 spiro atoms. The Bertz CT molecular complexity index is 815. The second-order valence-electron chi connectivity index (χ2n) is 5.26. The number of aryl methyl sites for hydroxylation is 1. The number of hydrogen-bond acceptors (Lipinski definition) is 4. The summed E-state index contributed by atoms with van der Waals surface area (Å²) in [6, 6.07) is 9.14. The third-order valence-electron chi connectivity index (χ3n) is 3.55. The molecule has 5 heteroatoms. The summed E-state index contributed by atoms with van der Waals surface area (Å²) in [4.78, 5) is 12.3. The lowest BCUT2D eigenvalue weighted by atomic mass is 10.1. The zero-order valence-electron chi connectivity index (χ0n) is 13.2. The predicted molar refractivity (Wildman–Crippen MR) is 86.9 cm³/mol. The molecular formula is C18H19NO4. The molecule has 0 fully saturated rings. The minimum absolute atomic E-state index is 0.160. The maximum Gasteiger partial charge on any atom is 0.251 e. The molecule has 0 unspecified atom stereocenters. The molecule has 0 radical (unpaired) electrons. The van der Waals surface area contributed by atoms with Crippen molar-refractivity contribution in [3.8, 4) is 5.75 Å². The van der Waals surface area contributed by atoms with E-state index >= 15 is 0 Å². The summed E-state index contributed by atoms with van der Waals surface area (Å²) in [7, 11) is 0. The summed E-state index contributed by atoms with van der Waals surface area (Å²) >= 11 is 0. The number of amides is 1. The van der Waals surface area contributed by atoms with Crippen molar-refractivity contribution in [2.45, 2.75) is 20.3 Å². The highest BCUT2D eigenvalue weighted by molar-refractivity contribution is 5.99. The van der Waals surface area contributed by atoms with Crippen LogP contribution in [0.15, 0.2) is 45.4 Å². The van der Waals surface area contributed by atoms with E-state index in [1.807, 2.05) is 32.0 Å². The van der Waals surface area contributed by atoms with Gasteiger partial charge in [-0.3, -0.25) is 4.79 Å². The summed E-state index contributed by atoms with van der Waals surface area (Å²) in [5.74, 6) is 2.23. The number of rotatable bonds is 6. The van der Waals surface area contributed by atoms with Crippen LogP contribution in [0, 0.1) is 6.92 Å². The van der Waals surface area contributed by atoms with Crippen LogP contribution in [0.4, 0.5) is 0 Å². The van der Waals surface area contributed by atoms with E-state index in [0.717, 1.165) is 16.9 Å². The molecule has 3 rings (SSSR count). The van der Waals surface area contributed by atoms with E-state index in [-0.39, 0.29) is 5.91 Å². The second-order valence-corrected chi connectivity index (χ2v) is 5.26. The maximum atomic E-state index is 12.3. The normalized spacial score (nSPS) is 10.9. The first-order valence-electron chi connectivity index (χ1n) is 7.65. The number of hydrogen-bond donors (Lipinski definition) is 1. The summed E-state index contributed by atoms with van der Waals surface area (Å²) in [6.45, 7) is 4.84. The molecule has 1 amide bonds. The van der Waals surface area contributed by atoms with E-state index in [4.69, 9.17) is 13.6 Å². The SMILES string of the molecule is CCOc1cc(C(=O)NCCc2ccc(C)o2)cc2occc12. The van der Waals surface area contributed by atoms with Crippen LogP contribution in [-0.2, 0) is 6.42 Å². The van der Waals surface area contributed by atoms with Crippen LogP contribution in [0.1, 0.15) is 28.8 Å². The summed E-state index contributed by atoms with van der Waals surface area (Å²) in [5, 5.41) is 3.76. The third kappa shape index (κ3) is 3.39. The lowest BCUT2D eigenvalue weighted by molar-refractivity contribution is 0.0953. The Hall–Kier alpha value is -2.69. The van der Waals surface area contributed by atoms with E-state index in [0.29, 0.717) is 36.5 Å². The fourth-order valence-electron chi connectivity index (χ4n) is 2.46. The van der Waals surface area contributed by atoms with Crippen molar-refractivity contribution in [2.24, 2.45) is 0 Å². The van der Waals surface area contributed by atoms with Crippen LogP contribution in [0.3, 0.4) is 0 Å². The molecule has 1 aromatic carbocycles. The Morgan fingerprint density at radius 2 is 2.13 bits per heavy atom. The molecule has 0 aliphatic rings. The quantitative estimate of drug-likeness (QED) is 0.753. The van der Waals surface area contributed by atoms with Gasteiger partial charge in [0.25, 0.3) is 5.91 Å². The van der Waals surface area contributed by atoms with Gasteiger partial charge in [-0.05, 0) is 44.2 Å². The van der Waals surface area contributed by atoms with Gasteiger partial charge in [-0.25, -0.2) is 0 Å². The number of ether oxygens (including phenoxy) is 1. The highest BCUT2D eigenvalue weighted by atomic mass is 16.5. The van der Waals surface area contributed by atoms with E-state index in [1.165, 1.54) is 0 Å². The van der Waals surface area contributed by atoms with Gasteiger partial charge in [0.15, 0.2) is 0 Å². The Morgan fingerprint density at radius 1 is 1.26 bits per heavy atom. The first kappa shape index (κ1) is 15.2. The largest absolute Gasteiger partial charge is 0.493 e. The Kier molecular flexibility index (Phi) is 4.37. The van der Waals surface area contributed by atoms with Gasteiger partial charge in [-0.1, -0.05) is 0 Å². The first-order valence-corrected chi connectivity index (χ1v) is 7.65. The van der Waals surface area contributed by atoms with Crippen molar-refractivity contribution in [3.63, 3.8) is 0 Å². The van der Waals surface area contributed by atoms with Crippen molar-refractivity contribution < 1.29 is 18.4 Å². The van der Waals surface area contributed by atoms with Gasteiger partial charge in [-0.15, -0.1) is 0 Å². The highest BCUT2D eigenvalue weighted by Gasteiger charge is 2.13. The molecule has 0 aliphatic heterocycles. The first-order chi connectivity index (χ1) is 11.2. The molecule has 2 heterocycles. The maximum absolute atomic E-state index is 12.3. The number of carbonyl (C=O) groups excluding carboxylic acids is 1. The van der Waals surface area contributed by atoms with Gasteiger partial charge in [0.05, 0.1) is 18.3 Å². The fraction of sp³-hybridized carbons (Fsp3) is 0.278. The number of fused-ring (bicyclic) bond motifs is 1. The fourth-order valence-corrected chi connectivity index (χ4v) is 2.46. The van der Waals surface area contributed by atoms with Gasteiger partial charge in [0.2, 0.25) is 0 Å². The molecule has 1 N–H and O–H groups in total. The van der Waals surface area contributed by atoms with Crippen molar-refractivity contribution in [1.82, 2.24) is 5.32 Å². The van der Waals surface area contributed by atoms with E-state index in [2.05, 4.69) is 5.32 Å². The zero-order valence-corrected chi connectivity index (χ0v) is 13.2. The molecule has 0 atom stereocenters. The third-order valence-corrected chi connectivity index (χ3v) is 3.55. The molecule has 0 aliphatic carbocycles. The van der Waals surface area contributed by atoms with Gasteiger partial charge in [0.1, 0.15) is 22.9 Å². The Balaban J connectivity index is 1.70. The molecule has 0 bridgehead atoms. The van der Waals surface area contributed by atoms with Crippen molar-refractivity contribution in [3.05, 3.63) is 53.7 Å². The van der Waals surface area contributed by atoms with Crippen molar-refractivity contribution >= 4 is 16.9 Å². The Morgan fingerprint density at radius 3 is 2.87 bits per heavy atom. The number of benzene rings is 1. The van der Waals surface area contributed by atoms with Gasteiger partial charge < -0.3 is 18.9 Å². The second kappa shape index (κ2) is 6.60. The zero-order chi connectivity index (χ0) is 16.2. The summed E-state index contributed by atoms with van der Waals surface area (Å²) < 4.78 is 16.5. The van der Waals surface area contributed by atoms with E-state index in [9.17, 15) is 4.79 Å². The van der Waals surface area contributed by atoms with Gasteiger partial charge >= 0.3 is 0 Å². The molecule has 2 aromatic heterocycles. The van der Waals surface area contributed by atoms with Crippen LogP contribution in [0.5, 0.6) is 5.75 Å². The molecule has 0 saturated carbocycles. The molecule has 0 saturated heterocycles. The van der Waals surface area contributed by atoms with Crippen LogP contribution in [-0.4, -0.2) is 19.1 Å². The predicted octanol–water partition coefficient (Wildman–Crippen LogP) is 3.71. The Labute approximate surface area is 134 Å². The number of carbonyl (C=O) groups is 1. The van der Waals surface area contributed by atoms with Crippen LogP contribution in [0.2, 0.25) is 0 Å². The van der Waals surface area contributed by atoms with Crippen molar-refractivity contribution in [1.29, 1.82) is 0 Å². The van der Waals surface area contributed by atoms with Gasteiger partial charge in [-0.2, -0.15) is 0 Å². The molecule has 120 valence electrons. The molecule has 23 heavy (non-hydrogen) atoms. The number of furan rings is 2. The van der Waals surface area contributed by atoms with Crippen LogP contribution >= 0.6 is 0 Å². The minimum atomic E-state index is -0.160.